The third kappa shape index (κ3) is 4.17. The second kappa shape index (κ2) is 7.70. The number of hydrogen-bond donors (Lipinski definition) is 2. The monoisotopic (exact) mass is 337 g/mol. The predicted octanol–water partition coefficient (Wildman–Crippen LogP) is 2.86. The number of carbonyl (C=O) groups is 1. The van der Waals surface area contributed by atoms with Gasteiger partial charge in [0.2, 0.25) is 0 Å². The molecule has 0 aliphatic carbocycles. The van der Waals surface area contributed by atoms with E-state index >= 15 is 0 Å². The largest absolute Gasteiger partial charge is 0.396 e. The smallest absolute Gasteiger partial charge is 0.263 e. The number of aromatic nitrogens is 2. The summed E-state index contributed by atoms with van der Waals surface area (Å²) in [5.41, 5.74) is 2.36. The van der Waals surface area contributed by atoms with E-state index in [1.54, 1.807) is 0 Å². The summed E-state index contributed by atoms with van der Waals surface area (Å²) in [5.74, 6) is 0.996. The van der Waals surface area contributed by atoms with E-state index in [1.165, 1.54) is 11.3 Å². The topological polar surface area (TPSA) is 88.2 Å². The average molecular weight is 337 g/mol. The third-order valence-corrected chi connectivity index (χ3v) is 4.97. The molecule has 2 N–H and O–H groups in total. The lowest BCUT2D eigenvalue weighted by atomic mass is 10.1. The van der Waals surface area contributed by atoms with Crippen molar-refractivity contribution in [3.63, 3.8) is 0 Å². The van der Waals surface area contributed by atoms with Crippen LogP contribution in [-0.4, -0.2) is 34.3 Å². The van der Waals surface area contributed by atoms with Gasteiger partial charge < -0.3 is 14.9 Å². The maximum absolute atomic E-state index is 12.3. The molecule has 0 fully saturated rings. The van der Waals surface area contributed by atoms with Gasteiger partial charge in [0.05, 0.1) is 17.0 Å². The summed E-state index contributed by atoms with van der Waals surface area (Å²) in [6, 6.07) is 0. The van der Waals surface area contributed by atoms with E-state index in [9.17, 15) is 4.79 Å². The predicted molar refractivity (Wildman–Crippen MR) is 89.6 cm³/mol. The van der Waals surface area contributed by atoms with Crippen molar-refractivity contribution >= 4 is 17.2 Å². The summed E-state index contributed by atoms with van der Waals surface area (Å²) in [5, 5.41) is 16.5. The number of thiazole rings is 1. The van der Waals surface area contributed by atoms with Crippen molar-refractivity contribution in [1.29, 1.82) is 0 Å². The molecule has 6 nitrogen and oxygen atoms in total. The van der Waals surface area contributed by atoms with E-state index < -0.39 is 0 Å². The van der Waals surface area contributed by atoms with Gasteiger partial charge in [0.25, 0.3) is 5.91 Å². The molecule has 1 amide bonds. The Morgan fingerprint density at radius 3 is 2.65 bits per heavy atom. The molecule has 0 radical (unpaired) electrons. The summed E-state index contributed by atoms with van der Waals surface area (Å²) < 4.78 is 5.17. The summed E-state index contributed by atoms with van der Waals surface area (Å²) in [6.45, 7) is 8.39. The third-order valence-electron chi connectivity index (χ3n) is 3.79. The molecule has 2 aromatic heterocycles. The van der Waals surface area contributed by atoms with Crippen LogP contribution in [0.1, 0.15) is 46.6 Å². The Hall–Kier alpha value is -1.73. The van der Waals surface area contributed by atoms with Gasteiger partial charge in [0, 0.05) is 13.2 Å². The lowest BCUT2D eigenvalue weighted by Crippen LogP contribution is -2.25. The fourth-order valence-corrected chi connectivity index (χ4v) is 3.51. The first-order chi connectivity index (χ1) is 10.9. The van der Waals surface area contributed by atoms with Crippen LogP contribution in [0.2, 0.25) is 0 Å². The Morgan fingerprint density at radius 2 is 2.04 bits per heavy atom. The molecule has 0 saturated carbocycles. The highest BCUT2D eigenvalue weighted by Gasteiger charge is 2.20. The molecule has 0 saturated heterocycles. The number of aliphatic hydroxyl groups excluding tert-OH is 1. The van der Waals surface area contributed by atoms with E-state index in [2.05, 4.69) is 22.4 Å². The molecule has 0 spiro atoms. The Kier molecular flexibility index (Phi) is 5.90. The summed E-state index contributed by atoms with van der Waals surface area (Å²) in [4.78, 5) is 17.4. The highest BCUT2D eigenvalue weighted by Crippen LogP contribution is 2.32. The minimum Gasteiger partial charge on any atom is -0.396 e. The second-order valence-electron chi connectivity index (χ2n) is 5.79. The zero-order valence-electron chi connectivity index (χ0n) is 14.0. The Bertz CT molecular complexity index is 659. The molecule has 126 valence electrons. The standard InChI is InChI=1S/C16H23N3O3S/c1-9(6-8-20)5-7-17-15(21)14-11(3)18-16(23-14)13-10(2)19-22-12(13)4/h9,20H,5-8H2,1-4H3,(H,17,21). The zero-order chi connectivity index (χ0) is 17.0. The number of aliphatic hydroxyl groups is 1. The first-order valence-corrected chi connectivity index (χ1v) is 8.55. The fourth-order valence-electron chi connectivity index (χ4n) is 2.38. The number of aryl methyl sites for hydroxylation is 3. The van der Waals surface area contributed by atoms with Crippen molar-refractivity contribution in [3.8, 4) is 10.6 Å². The minimum atomic E-state index is -0.103. The average Bonchev–Trinajstić information content (AvgIpc) is 3.02. The van der Waals surface area contributed by atoms with Crippen LogP contribution in [0.3, 0.4) is 0 Å². The number of nitrogens with zero attached hydrogens (tertiary/aromatic N) is 2. The molecule has 2 rings (SSSR count). The number of carbonyl (C=O) groups excluding carboxylic acids is 1. The van der Waals surface area contributed by atoms with E-state index in [1.807, 2.05) is 20.8 Å². The molecule has 0 aliphatic rings. The highest BCUT2D eigenvalue weighted by molar-refractivity contribution is 7.17. The Labute approximate surface area is 139 Å². The molecule has 0 aliphatic heterocycles. The molecule has 23 heavy (non-hydrogen) atoms. The summed E-state index contributed by atoms with van der Waals surface area (Å²) in [6.07, 6.45) is 1.60. The van der Waals surface area contributed by atoms with Crippen molar-refractivity contribution in [2.45, 2.75) is 40.5 Å². The maximum atomic E-state index is 12.3. The van der Waals surface area contributed by atoms with Crippen LogP contribution in [0.25, 0.3) is 10.6 Å². The van der Waals surface area contributed by atoms with E-state index in [0.717, 1.165) is 29.1 Å². The van der Waals surface area contributed by atoms with Crippen molar-refractivity contribution in [1.82, 2.24) is 15.5 Å². The van der Waals surface area contributed by atoms with Crippen LogP contribution in [-0.2, 0) is 0 Å². The van der Waals surface area contributed by atoms with Crippen molar-refractivity contribution < 1.29 is 14.4 Å². The number of hydrogen-bond acceptors (Lipinski definition) is 6. The normalized spacial score (nSPS) is 12.4. The van der Waals surface area contributed by atoms with Crippen molar-refractivity contribution in [2.75, 3.05) is 13.2 Å². The van der Waals surface area contributed by atoms with Crippen LogP contribution in [0.15, 0.2) is 4.52 Å². The van der Waals surface area contributed by atoms with Crippen LogP contribution in [0.5, 0.6) is 0 Å². The van der Waals surface area contributed by atoms with Crippen LogP contribution in [0.4, 0.5) is 0 Å². The van der Waals surface area contributed by atoms with Gasteiger partial charge in [-0.3, -0.25) is 4.79 Å². The molecule has 1 unspecified atom stereocenters. The van der Waals surface area contributed by atoms with Crippen LogP contribution >= 0.6 is 11.3 Å². The molecule has 7 heteroatoms. The second-order valence-corrected chi connectivity index (χ2v) is 6.79. The van der Waals surface area contributed by atoms with Gasteiger partial charge in [-0.1, -0.05) is 12.1 Å². The highest BCUT2D eigenvalue weighted by atomic mass is 32.1. The quantitative estimate of drug-likeness (QED) is 0.811. The maximum Gasteiger partial charge on any atom is 0.263 e. The van der Waals surface area contributed by atoms with Gasteiger partial charge in [-0.2, -0.15) is 0 Å². The van der Waals surface area contributed by atoms with Crippen molar-refractivity contribution in [3.05, 3.63) is 22.0 Å². The van der Waals surface area contributed by atoms with Gasteiger partial charge in [-0.15, -0.1) is 11.3 Å². The Balaban J connectivity index is 2.05. The van der Waals surface area contributed by atoms with Crippen LogP contribution in [0, 0.1) is 26.7 Å². The lowest BCUT2D eigenvalue weighted by molar-refractivity contribution is 0.0954. The minimum absolute atomic E-state index is 0.103. The number of nitrogens with one attached hydrogen (secondary N) is 1. The van der Waals surface area contributed by atoms with E-state index in [4.69, 9.17) is 9.63 Å². The number of rotatable bonds is 7. The van der Waals surface area contributed by atoms with Gasteiger partial charge >= 0.3 is 0 Å². The fraction of sp³-hybridized carbons (Fsp3) is 0.562. The molecule has 1 atom stereocenters. The molecule has 2 aromatic rings. The van der Waals surface area contributed by atoms with Gasteiger partial charge in [-0.05, 0) is 39.5 Å². The summed E-state index contributed by atoms with van der Waals surface area (Å²) >= 11 is 1.36. The molecule has 0 aromatic carbocycles. The van der Waals surface area contributed by atoms with Crippen LogP contribution < -0.4 is 5.32 Å². The molecular formula is C16H23N3O3S. The van der Waals surface area contributed by atoms with E-state index in [0.29, 0.717) is 28.8 Å². The zero-order valence-corrected chi connectivity index (χ0v) is 14.8. The van der Waals surface area contributed by atoms with Gasteiger partial charge in [0.15, 0.2) is 0 Å². The summed E-state index contributed by atoms with van der Waals surface area (Å²) in [7, 11) is 0. The SMILES string of the molecule is Cc1nc(-c2c(C)noc2C)sc1C(=O)NCCC(C)CCO. The van der Waals surface area contributed by atoms with Gasteiger partial charge in [0.1, 0.15) is 15.6 Å². The molecular weight excluding hydrogens is 314 g/mol. The van der Waals surface area contributed by atoms with Crippen molar-refractivity contribution in [2.24, 2.45) is 5.92 Å². The molecule has 0 bridgehead atoms. The van der Waals surface area contributed by atoms with Gasteiger partial charge in [-0.25, -0.2) is 4.98 Å². The molecule has 2 heterocycles. The number of amides is 1. The lowest BCUT2D eigenvalue weighted by Gasteiger charge is -2.09. The Morgan fingerprint density at radius 1 is 1.30 bits per heavy atom. The first kappa shape index (κ1) is 17.6. The van der Waals surface area contributed by atoms with E-state index in [-0.39, 0.29) is 12.5 Å². The first-order valence-electron chi connectivity index (χ1n) is 7.73.